The molecule has 154 valence electrons. The molecule has 2 aliphatic carbocycles. The maximum atomic E-state index is 13.0. The molecule has 0 aromatic carbocycles. The molecule has 2 saturated carbocycles. The fraction of sp³-hybridized carbons (Fsp3) is 0.619. The number of aromatic nitrogens is 1. The van der Waals surface area contributed by atoms with Crippen LogP contribution >= 0.6 is 34.4 Å². The molecule has 2 aromatic rings. The van der Waals surface area contributed by atoms with Gasteiger partial charge in [0.05, 0.1) is 18.2 Å². The number of thioether (sulfide) groups is 1. The van der Waals surface area contributed by atoms with Crippen LogP contribution in [0.25, 0.3) is 0 Å². The fourth-order valence-electron chi connectivity index (χ4n) is 5.92. The van der Waals surface area contributed by atoms with Crippen LogP contribution in [-0.4, -0.2) is 46.9 Å². The summed E-state index contributed by atoms with van der Waals surface area (Å²) in [7, 11) is 0. The summed E-state index contributed by atoms with van der Waals surface area (Å²) in [6.45, 7) is 2.59. The van der Waals surface area contributed by atoms with Crippen LogP contribution in [0.15, 0.2) is 27.3 Å². The van der Waals surface area contributed by atoms with E-state index in [-0.39, 0.29) is 17.3 Å². The molecule has 2 aliphatic heterocycles. The Morgan fingerprint density at radius 1 is 1.21 bits per heavy atom. The Morgan fingerprint density at radius 3 is 2.83 bits per heavy atom. The monoisotopic (exact) mass is 448 g/mol. The van der Waals surface area contributed by atoms with Crippen molar-refractivity contribution in [3.05, 3.63) is 36.9 Å². The second kappa shape index (κ2) is 7.25. The first-order valence-corrected chi connectivity index (χ1v) is 13.1. The standard InChI is InChI=1S/C21H24N2O3S3/c24-15(22-5-7-26-8-6-22)11-23-20-19(29-21(23)25)17(14-2-1-9-27-14)16-12-3-4-13(10-12)18(16)28-20/h1-2,9,12-13,16-18H,3-8,10-11H2/t12?,13?,16?,17-,18?/m0/s1. The highest BCUT2D eigenvalue weighted by Gasteiger charge is 2.55. The molecule has 8 heteroatoms. The quantitative estimate of drug-likeness (QED) is 0.721. The van der Waals surface area contributed by atoms with E-state index in [1.165, 1.54) is 40.4 Å². The van der Waals surface area contributed by atoms with Gasteiger partial charge in [-0.25, -0.2) is 0 Å². The van der Waals surface area contributed by atoms with Gasteiger partial charge in [-0.3, -0.25) is 14.2 Å². The first-order chi connectivity index (χ1) is 14.2. The number of amides is 1. The van der Waals surface area contributed by atoms with Crippen molar-refractivity contribution in [3.8, 4) is 0 Å². The lowest BCUT2D eigenvalue weighted by atomic mass is 9.77. The summed E-state index contributed by atoms with van der Waals surface area (Å²) in [4.78, 5) is 30.4. The van der Waals surface area contributed by atoms with Crippen LogP contribution in [0.5, 0.6) is 0 Å². The molecule has 0 radical (unpaired) electrons. The molecule has 29 heavy (non-hydrogen) atoms. The van der Waals surface area contributed by atoms with E-state index in [0.29, 0.717) is 43.4 Å². The Morgan fingerprint density at radius 2 is 2.03 bits per heavy atom. The van der Waals surface area contributed by atoms with Crippen LogP contribution < -0.4 is 4.87 Å². The van der Waals surface area contributed by atoms with E-state index < -0.39 is 0 Å². The predicted octanol–water partition coefficient (Wildman–Crippen LogP) is 3.48. The molecule has 4 heterocycles. The van der Waals surface area contributed by atoms with Gasteiger partial charge in [0.1, 0.15) is 6.54 Å². The minimum atomic E-state index is 0.0259. The van der Waals surface area contributed by atoms with Gasteiger partial charge in [-0.2, -0.15) is 0 Å². The maximum absolute atomic E-state index is 13.0. The van der Waals surface area contributed by atoms with Crippen molar-refractivity contribution in [2.75, 3.05) is 26.3 Å². The van der Waals surface area contributed by atoms with Gasteiger partial charge in [-0.05, 0) is 48.5 Å². The molecule has 5 atom stereocenters. The van der Waals surface area contributed by atoms with Gasteiger partial charge in [0, 0.05) is 34.0 Å². The van der Waals surface area contributed by atoms with Crippen molar-refractivity contribution in [2.24, 2.45) is 17.8 Å². The molecule has 6 rings (SSSR count). The van der Waals surface area contributed by atoms with Gasteiger partial charge in [-0.1, -0.05) is 17.4 Å². The van der Waals surface area contributed by atoms with E-state index in [2.05, 4.69) is 17.5 Å². The van der Waals surface area contributed by atoms with Crippen LogP contribution in [0.2, 0.25) is 0 Å². The van der Waals surface area contributed by atoms with Crippen molar-refractivity contribution < 1.29 is 9.53 Å². The fourth-order valence-corrected chi connectivity index (χ4v) is 10.0. The van der Waals surface area contributed by atoms with Gasteiger partial charge < -0.3 is 9.64 Å². The van der Waals surface area contributed by atoms with E-state index in [9.17, 15) is 9.59 Å². The maximum Gasteiger partial charge on any atom is 0.308 e. The van der Waals surface area contributed by atoms with E-state index in [0.717, 1.165) is 16.9 Å². The lowest BCUT2D eigenvalue weighted by Gasteiger charge is -2.40. The predicted molar refractivity (Wildman–Crippen MR) is 116 cm³/mol. The lowest BCUT2D eigenvalue weighted by molar-refractivity contribution is -0.136. The second-order valence-corrected chi connectivity index (χ2v) is 11.7. The molecule has 0 spiro atoms. The van der Waals surface area contributed by atoms with Crippen LogP contribution in [0.3, 0.4) is 0 Å². The van der Waals surface area contributed by atoms with E-state index in [1.807, 2.05) is 28.0 Å². The summed E-state index contributed by atoms with van der Waals surface area (Å²) in [5.74, 6) is 2.58. The zero-order valence-electron chi connectivity index (χ0n) is 16.1. The molecule has 2 aromatic heterocycles. The molecule has 4 unspecified atom stereocenters. The number of morpholine rings is 1. The minimum absolute atomic E-state index is 0.0259. The van der Waals surface area contributed by atoms with Crippen molar-refractivity contribution in [2.45, 2.75) is 42.0 Å². The molecule has 4 aliphatic rings. The summed E-state index contributed by atoms with van der Waals surface area (Å²) >= 11 is 5.11. The van der Waals surface area contributed by atoms with Gasteiger partial charge in [0.25, 0.3) is 0 Å². The lowest BCUT2D eigenvalue weighted by Crippen LogP contribution is -2.43. The third-order valence-corrected chi connectivity index (χ3v) is 11.0. The molecule has 2 bridgehead atoms. The number of carbonyl (C=O) groups is 1. The number of ether oxygens (including phenoxy) is 1. The molecule has 3 fully saturated rings. The third-order valence-electron chi connectivity index (χ3n) is 7.20. The number of hydrogen-bond acceptors (Lipinski definition) is 6. The third kappa shape index (κ3) is 2.98. The summed E-state index contributed by atoms with van der Waals surface area (Å²) in [5, 5.41) is 3.82. The summed E-state index contributed by atoms with van der Waals surface area (Å²) in [6.07, 6.45) is 4.01. The second-order valence-electron chi connectivity index (χ2n) is 8.60. The Labute approximate surface area is 182 Å². The summed E-state index contributed by atoms with van der Waals surface area (Å²) in [6, 6.07) is 4.37. The number of carbonyl (C=O) groups excluding carboxylic acids is 1. The Kier molecular flexibility index (Phi) is 4.67. The van der Waals surface area contributed by atoms with Crippen molar-refractivity contribution in [3.63, 3.8) is 0 Å². The van der Waals surface area contributed by atoms with E-state index >= 15 is 0 Å². The van der Waals surface area contributed by atoms with Crippen LogP contribution in [-0.2, 0) is 16.1 Å². The highest BCUT2D eigenvalue weighted by atomic mass is 32.2. The molecular formula is C21H24N2O3S3. The van der Waals surface area contributed by atoms with Crippen molar-refractivity contribution in [1.29, 1.82) is 0 Å². The summed E-state index contributed by atoms with van der Waals surface area (Å²) in [5.41, 5.74) is 0. The zero-order valence-corrected chi connectivity index (χ0v) is 18.6. The highest BCUT2D eigenvalue weighted by molar-refractivity contribution is 8.00. The number of thiophene rings is 1. The Hall–Kier alpha value is -1.09. The number of hydrogen-bond donors (Lipinski definition) is 0. The molecule has 1 saturated heterocycles. The average molecular weight is 449 g/mol. The Bertz CT molecular complexity index is 976. The van der Waals surface area contributed by atoms with Crippen LogP contribution in [0.4, 0.5) is 0 Å². The summed E-state index contributed by atoms with van der Waals surface area (Å²) < 4.78 is 7.15. The molecule has 5 nitrogen and oxygen atoms in total. The SMILES string of the molecule is O=C(Cn1c2c(sc1=O)[C@@H](c1cccs1)C1C3CCC(C3)C1S2)N1CCOCC1. The molecule has 0 N–H and O–H groups in total. The molecule has 1 amide bonds. The van der Waals surface area contributed by atoms with Crippen molar-refractivity contribution in [1.82, 2.24) is 9.47 Å². The normalized spacial score (nSPS) is 33.0. The van der Waals surface area contributed by atoms with Crippen LogP contribution in [0.1, 0.15) is 34.9 Å². The van der Waals surface area contributed by atoms with E-state index in [4.69, 9.17) is 4.74 Å². The minimum Gasteiger partial charge on any atom is -0.378 e. The number of rotatable bonds is 3. The number of thiazole rings is 1. The van der Waals surface area contributed by atoms with Gasteiger partial charge in [-0.15, -0.1) is 23.1 Å². The van der Waals surface area contributed by atoms with E-state index in [1.54, 1.807) is 4.57 Å². The average Bonchev–Trinajstić information content (AvgIpc) is 3.53. The van der Waals surface area contributed by atoms with Gasteiger partial charge >= 0.3 is 4.87 Å². The first-order valence-electron chi connectivity index (χ1n) is 10.5. The zero-order chi connectivity index (χ0) is 19.5. The number of nitrogens with zero attached hydrogens (tertiary/aromatic N) is 2. The number of fused-ring (bicyclic) bond motifs is 6. The van der Waals surface area contributed by atoms with Gasteiger partial charge in [0.15, 0.2) is 0 Å². The molecular weight excluding hydrogens is 424 g/mol. The first kappa shape index (κ1) is 18.7. The largest absolute Gasteiger partial charge is 0.378 e. The topological polar surface area (TPSA) is 51.5 Å². The van der Waals surface area contributed by atoms with Crippen LogP contribution in [0, 0.1) is 17.8 Å². The smallest absolute Gasteiger partial charge is 0.308 e. The highest BCUT2D eigenvalue weighted by Crippen LogP contribution is 2.64. The Balaban J connectivity index is 1.39. The van der Waals surface area contributed by atoms with Gasteiger partial charge in [0.2, 0.25) is 5.91 Å². The van der Waals surface area contributed by atoms with Crippen molar-refractivity contribution >= 4 is 40.3 Å².